The van der Waals surface area contributed by atoms with Crippen LogP contribution in [0.15, 0.2) is 53.9 Å². The molecule has 0 radical (unpaired) electrons. The third-order valence-electron chi connectivity index (χ3n) is 4.67. The maximum atomic E-state index is 12.0. The Balaban J connectivity index is 1.72. The molecule has 162 valence electrons. The first kappa shape index (κ1) is 22.8. The summed E-state index contributed by atoms with van der Waals surface area (Å²) in [5, 5.41) is 14.7. The highest BCUT2D eigenvalue weighted by molar-refractivity contribution is 7.14. The topological polar surface area (TPSA) is 82.5 Å². The van der Waals surface area contributed by atoms with Crippen molar-refractivity contribution in [3.8, 4) is 11.3 Å². The number of aromatic nitrogens is 1. The minimum absolute atomic E-state index is 0.397. The molecular weight excluding hydrogens is 434 g/mol. The highest BCUT2D eigenvalue weighted by Crippen LogP contribution is 2.29. The minimum Gasteiger partial charge on any atom is -0.480 e. The van der Waals surface area contributed by atoms with Crippen LogP contribution in [0, 0.1) is 0 Å². The molecule has 0 atom stereocenters. The SMILES string of the molecule is CCCCN(Cc1ccc(C(=O)NCC(=O)O)cc1)c1nc(-c2ccc(Cl)cc2)cs1. The fourth-order valence-electron chi connectivity index (χ4n) is 2.99. The molecule has 3 rings (SSSR count). The quantitative estimate of drug-likeness (QED) is 0.443. The smallest absolute Gasteiger partial charge is 0.322 e. The predicted molar refractivity (Wildman–Crippen MR) is 125 cm³/mol. The van der Waals surface area contributed by atoms with Crippen LogP contribution in [-0.2, 0) is 11.3 Å². The van der Waals surface area contributed by atoms with Crippen molar-refractivity contribution in [2.24, 2.45) is 0 Å². The molecule has 6 nitrogen and oxygen atoms in total. The molecule has 2 N–H and O–H groups in total. The average molecular weight is 458 g/mol. The van der Waals surface area contributed by atoms with E-state index in [0.717, 1.165) is 41.3 Å². The molecule has 0 spiro atoms. The molecule has 1 heterocycles. The Morgan fingerprint density at radius 3 is 2.48 bits per heavy atom. The van der Waals surface area contributed by atoms with Gasteiger partial charge in [0.15, 0.2) is 5.13 Å². The summed E-state index contributed by atoms with van der Waals surface area (Å²) in [6, 6.07) is 14.9. The van der Waals surface area contributed by atoms with E-state index in [2.05, 4.69) is 17.1 Å². The summed E-state index contributed by atoms with van der Waals surface area (Å²) in [7, 11) is 0. The number of amides is 1. The molecule has 1 aromatic heterocycles. The van der Waals surface area contributed by atoms with Crippen LogP contribution < -0.4 is 10.2 Å². The van der Waals surface area contributed by atoms with Gasteiger partial charge in [0.2, 0.25) is 0 Å². The fourth-order valence-corrected chi connectivity index (χ4v) is 3.98. The third kappa shape index (κ3) is 6.54. The molecule has 0 fully saturated rings. The Morgan fingerprint density at radius 1 is 1.13 bits per heavy atom. The van der Waals surface area contributed by atoms with Gasteiger partial charge in [-0.3, -0.25) is 9.59 Å². The number of carbonyl (C=O) groups is 2. The number of aliphatic carboxylic acids is 1. The minimum atomic E-state index is -1.07. The number of thiazole rings is 1. The summed E-state index contributed by atoms with van der Waals surface area (Å²) in [5.41, 5.74) is 3.43. The van der Waals surface area contributed by atoms with E-state index in [1.165, 1.54) is 0 Å². The van der Waals surface area contributed by atoms with Crippen LogP contribution in [0.2, 0.25) is 5.02 Å². The number of hydrogen-bond acceptors (Lipinski definition) is 5. The van der Waals surface area contributed by atoms with Crippen molar-refractivity contribution in [2.45, 2.75) is 26.3 Å². The van der Waals surface area contributed by atoms with Gasteiger partial charge in [0.25, 0.3) is 5.91 Å². The zero-order valence-electron chi connectivity index (χ0n) is 17.2. The number of unbranched alkanes of at least 4 members (excludes halogenated alkanes) is 1. The van der Waals surface area contributed by atoms with E-state index in [-0.39, 0.29) is 0 Å². The highest BCUT2D eigenvalue weighted by atomic mass is 35.5. The molecular formula is C23H24ClN3O3S. The predicted octanol–water partition coefficient (Wildman–Crippen LogP) is 5.08. The molecule has 0 saturated heterocycles. The monoisotopic (exact) mass is 457 g/mol. The van der Waals surface area contributed by atoms with Crippen molar-refractivity contribution < 1.29 is 14.7 Å². The molecule has 31 heavy (non-hydrogen) atoms. The van der Waals surface area contributed by atoms with Crippen LogP contribution >= 0.6 is 22.9 Å². The van der Waals surface area contributed by atoms with E-state index in [4.69, 9.17) is 21.7 Å². The van der Waals surface area contributed by atoms with E-state index in [0.29, 0.717) is 17.1 Å². The van der Waals surface area contributed by atoms with Gasteiger partial charge in [-0.25, -0.2) is 4.98 Å². The van der Waals surface area contributed by atoms with Crippen LogP contribution in [0.25, 0.3) is 11.3 Å². The fraction of sp³-hybridized carbons (Fsp3) is 0.261. The Kier molecular flexibility index (Phi) is 8.03. The van der Waals surface area contributed by atoms with Crippen LogP contribution in [0.3, 0.4) is 0 Å². The van der Waals surface area contributed by atoms with Crippen molar-refractivity contribution in [1.82, 2.24) is 10.3 Å². The number of anilines is 1. The van der Waals surface area contributed by atoms with Crippen molar-refractivity contribution in [1.29, 1.82) is 0 Å². The number of nitrogens with one attached hydrogen (secondary N) is 1. The van der Waals surface area contributed by atoms with E-state index < -0.39 is 18.4 Å². The molecule has 0 unspecified atom stereocenters. The van der Waals surface area contributed by atoms with Crippen LogP contribution in [0.5, 0.6) is 0 Å². The lowest BCUT2D eigenvalue weighted by Gasteiger charge is -2.22. The van der Waals surface area contributed by atoms with Crippen LogP contribution in [0.1, 0.15) is 35.7 Å². The molecule has 2 aromatic carbocycles. The van der Waals surface area contributed by atoms with Crippen LogP contribution in [-0.4, -0.2) is 35.1 Å². The molecule has 1 amide bonds. The second kappa shape index (κ2) is 10.9. The standard InChI is InChI=1S/C23H24ClN3O3S/c1-2-3-12-27(23-26-20(15-31-23)17-8-10-19(24)11-9-17)14-16-4-6-18(7-5-16)22(30)25-13-21(28)29/h4-11,15H,2-3,12-14H2,1H3,(H,25,30)(H,28,29). The number of benzene rings is 2. The first-order chi connectivity index (χ1) is 15.0. The van der Waals surface area contributed by atoms with Gasteiger partial charge >= 0.3 is 5.97 Å². The number of nitrogens with zero attached hydrogens (tertiary/aromatic N) is 2. The summed E-state index contributed by atoms with van der Waals surface area (Å²) in [6.07, 6.45) is 2.13. The molecule has 0 aliphatic heterocycles. The molecule has 0 bridgehead atoms. The second-order valence-electron chi connectivity index (χ2n) is 7.07. The molecule has 8 heteroatoms. The Labute approximate surface area is 190 Å². The molecule has 0 aliphatic carbocycles. The third-order valence-corrected chi connectivity index (χ3v) is 5.83. The lowest BCUT2D eigenvalue weighted by atomic mass is 10.1. The van der Waals surface area contributed by atoms with Crippen molar-refractivity contribution in [2.75, 3.05) is 18.0 Å². The summed E-state index contributed by atoms with van der Waals surface area (Å²) < 4.78 is 0. The summed E-state index contributed by atoms with van der Waals surface area (Å²) in [4.78, 5) is 29.7. The highest BCUT2D eigenvalue weighted by Gasteiger charge is 2.14. The first-order valence-electron chi connectivity index (χ1n) is 10.0. The van der Waals surface area contributed by atoms with Gasteiger partial charge in [-0.2, -0.15) is 0 Å². The summed E-state index contributed by atoms with van der Waals surface area (Å²) >= 11 is 7.59. The van der Waals surface area contributed by atoms with E-state index in [1.807, 2.05) is 41.8 Å². The number of carbonyl (C=O) groups excluding carboxylic acids is 1. The zero-order chi connectivity index (χ0) is 22.2. The van der Waals surface area contributed by atoms with Gasteiger partial charge in [0, 0.05) is 34.6 Å². The first-order valence-corrected chi connectivity index (χ1v) is 11.3. The van der Waals surface area contributed by atoms with Crippen LogP contribution in [0.4, 0.5) is 5.13 Å². The lowest BCUT2D eigenvalue weighted by molar-refractivity contribution is -0.135. The Morgan fingerprint density at radius 2 is 1.84 bits per heavy atom. The molecule has 0 aliphatic rings. The van der Waals surface area contributed by atoms with Gasteiger partial charge in [-0.15, -0.1) is 11.3 Å². The Hall–Kier alpha value is -2.90. The van der Waals surface area contributed by atoms with Gasteiger partial charge in [-0.1, -0.05) is 49.2 Å². The number of halogens is 1. The zero-order valence-corrected chi connectivity index (χ0v) is 18.7. The van der Waals surface area contributed by atoms with Gasteiger partial charge < -0.3 is 15.3 Å². The van der Waals surface area contributed by atoms with Crippen molar-refractivity contribution in [3.63, 3.8) is 0 Å². The second-order valence-corrected chi connectivity index (χ2v) is 8.34. The van der Waals surface area contributed by atoms with E-state index >= 15 is 0 Å². The van der Waals surface area contributed by atoms with Gasteiger partial charge in [0.1, 0.15) is 6.54 Å². The molecule has 0 saturated carbocycles. The lowest BCUT2D eigenvalue weighted by Crippen LogP contribution is -2.29. The summed E-state index contributed by atoms with van der Waals surface area (Å²) in [6.45, 7) is 3.31. The van der Waals surface area contributed by atoms with E-state index in [1.54, 1.807) is 23.5 Å². The number of carboxylic acid groups (broad SMARTS) is 1. The number of hydrogen-bond donors (Lipinski definition) is 2. The summed E-state index contributed by atoms with van der Waals surface area (Å²) in [5.74, 6) is -1.47. The largest absolute Gasteiger partial charge is 0.480 e. The van der Waals surface area contributed by atoms with Gasteiger partial charge in [0.05, 0.1) is 5.69 Å². The Bertz CT molecular complexity index is 1020. The maximum Gasteiger partial charge on any atom is 0.322 e. The number of rotatable bonds is 10. The number of carboxylic acids is 1. The van der Waals surface area contributed by atoms with Crippen molar-refractivity contribution in [3.05, 3.63) is 70.1 Å². The average Bonchev–Trinajstić information content (AvgIpc) is 3.26. The molecule has 3 aromatic rings. The van der Waals surface area contributed by atoms with E-state index in [9.17, 15) is 9.59 Å². The maximum absolute atomic E-state index is 12.0. The van der Waals surface area contributed by atoms with Gasteiger partial charge in [-0.05, 0) is 36.2 Å². The normalized spacial score (nSPS) is 10.6. The van der Waals surface area contributed by atoms with Crippen molar-refractivity contribution >= 4 is 39.9 Å².